The van der Waals surface area contributed by atoms with Crippen molar-refractivity contribution in [1.82, 2.24) is 5.16 Å². The highest BCUT2D eigenvalue weighted by molar-refractivity contribution is 6.16. The molecule has 1 heterocycles. The first-order valence-corrected chi connectivity index (χ1v) is 5.98. The van der Waals surface area contributed by atoms with Crippen LogP contribution in [0, 0.1) is 0 Å². The third-order valence-corrected chi connectivity index (χ3v) is 2.74. The summed E-state index contributed by atoms with van der Waals surface area (Å²) in [6, 6.07) is 10.3. The molecule has 0 saturated carbocycles. The number of hydrogen-bond donors (Lipinski definition) is 0. The van der Waals surface area contributed by atoms with Gasteiger partial charge < -0.3 is 4.52 Å². The van der Waals surface area contributed by atoms with Crippen molar-refractivity contribution in [3.63, 3.8) is 0 Å². The lowest BCUT2D eigenvalue weighted by atomic mass is 10.1. The van der Waals surface area contributed by atoms with E-state index in [2.05, 4.69) is 36.3 Å². The maximum atomic E-state index is 5.66. The predicted molar refractivity (Wildman–Crippen MR) is 65.5 cm³/mol. The zero-order chi connectivity index (χ0) is 11.4. The van der Waals surface area contributed by atoms with Gasteiger partial charge in [-0.3, -0.25) is 0 Å². The van der Waals surface area contributed by atoms with Gasteiger partial charge in [0.15, 0.2) is 5.76 Å². The standard InChI is InChI=1S/C13H14ClNO/c1-2-3-10-4-6-11(7-5-10)13-8-12(9-14)16-15-13/h4-8H,2-3,9H2,1H3. The Morgan fingerprint density at radius 1 is 1.25 bits per heavy atom. The van der Waals surface area contributed by atoms with E-state index in [-0.39, 0.29) is 0 Å². The van der Waals surface area contributed by atoms with Gasteiger partial charge in [-0.05, 0) is 12.0 Å². The molecule has 0 spiro atoms. The van der Waals surface area contributed by atoms with E-state index in [9.17, 15) is 0 Å². The third kappa shape index (κ3) is 2.45. The van der Waals surface area contributed by atoms with Crippen LogP contribution in [0.4, 0.5) is 0 Å². The second-order valence-corrected chi connectivity index (χ2v) is 4.03. The van der Waals surface area contributed by atoms with E-state index < -0.39 is 0 Å². The fraction of sp³-hybridized carbons (Fsp3) is 0.308. The van der Waals surface area contributed by atoms with Gasteiger partial charge in [-0.15, -0.1) is 11.6 Å². The molecule has 0 bridgehead atoms. The number of halogens is 1. The Hall–Kier alpha value is -1.28. The highest BCUT2D eigenvalue weighted by atomic mass is 35.5. The highest BCUT2D eigenvalue weighted by Crippen LogP contribution is 2.20. The van der Waals surface area contributed by atoms with Crippen LogP contribution in [0.1, 0.15) is 24.7 Å². The Kier molecular flexibility index (Phi) is 3.62. The highest BCUT2D eigenvalue weighted by Gasteiger charge is 2.05. The van der Waals surface area contributed by atoms with Gasteiger partial charge in [0.2, 0.25) is 0 Å². The van der Waals surface area contributed by atoms with Crippen LogP contribution in [0.15, 0.2) is 34.9 Å². The molecule has 0 aliphatic rings. The van der Waals surface area contributed by atoms with E-state index in [1.54, 1.807) is 0 Å². The van der Waals surface area contributed by atoms with E-state index in [1.165, 1.54) is 12.0 Å². The molecule has 2 rings (SSSR count). The van der Waals surface area contributed by atoms with Crippen LogP contribution in [0.25, 0.3) is 11.3 Å². The van der Waals surface area contributed by atoms with Crippen molar-refractivity contribution >= 4 is 11.6 Å². The molecule has 2 nitrogen and oxygen atoms in total. The molecule has 0 N–H and O–H groups in total. The summed E-state index contributed by atoms with van der Waals surface area (Å²) in [6.45, 7) is 2.18. The van der Waals surface area contributed by atoms with E-state index in [4.69, 9.17) is 16.1 Å². The zero-order valence-electron chi connectivity index (χ0n) is 9.24. The molecular formula is C13H14ClNO. The molecule has 1 aromatic carbocycles. The Morgan fingerprint density at radius 2 is 2.00 bits per heavy atom. The summed E-state index contributed by atoms with van der Waals surface area (Å²) < 4.78 is 5.06. The van der Waals surface area contributed by atoms with Gasteiger partial charge in [-0.25, -0.2) is 0 Å². The topological polar surface area (TPSA) is 26.0 Å². The first-order chi connectivity index (χ1) is 7.83. The van der Waals surface area contributed by atoms with E-state index >= 15 is 0 Å². The number of aromatic nitrogens is 1. The maximum absolute atomic E-state index is 5.66. The summed E-state index contributed by atoms with van der Waals surface area (Å²) in [5, 5.41) is 3.97. The molecule has 0 aliphatic carbocycles. The number of rotatable bonds is 4. The summed E-state index contributed by atoms with van der Waals surface area (Å²) in [4.78, 5) is 0. The third-order valence-electron chi connectivity index (χ3n) is 2.48. The van der Waals surface area contributed by atoms with Crippen molar-refractivity contribution in [2.45, 2.75) is 25.6 Å². The van der Waals surface area contributed by atoms with Crippen LogP contribution >= 0.6 is 11.6 Å². The Morgan fingerprint density at radius 3 is 2.56 bits per heavy atom. The first-order valence-electron chi connectivity index (χ1n) is 5.44. The Bertz CT molecular complexity index is 447. The lowest BCUT2D eigenvalue weighted by Gasteiger charge is -1.99. The minimum Gasteiger partial charge on any atom is -0.359 e. The molecule has 0 amide bonds. The smallest absolute Gasteiger partial charge is 0.152 e. The van der Waals surface area contributed by atoms with E-state index in [0.29, 0.717) is 11.6 Å². The molecule has 0 atom stereocenters. The number of alkyl halides is 1. The fourth-order valence-electron chi connectivity index (χ4n) is 1.64. The molecular weight excluding hydrogens is 222 g/mol. The zero-order valence-corrected chi connectivity index (χ0v) is 10.00. The van der Waals surface area contributed by atoms with Gasteiger partial charge in [0, 0.05) is 11.6 Å². The second kappa shape index (κ2) is 5.17. The van der Waals surface area contributed by atoms with Gasteiger partial charge in [0.25, 0.3) is 0 Å². The van der Waals surface area contributed by atoms with Crippen molar-refractivity contribution in [1.29, 1.82) is 0 Å². The van der Waals surface area contributed by atoms with Crippen LogP contribution in [0.5, 0.6) is 0 Å². The molecule has 84 valence electrons. The van der Waals surface area contributed by atoms with Gasteiger partial charge >= 0.3 is 0 Å². The number of hydrogen-bond acceptors (Lipinski definition) is 2. The average molecular weight is 236 g/mol. The number of aryl methyl sites for hydroxylation is 1. The second-order valence-electron chi connectivity index (χ2n) is 3.76. The van der Waals surface area contributed by atoms with Crippen LogP contribution in [-0.4, -0.2) is 5.16 Å². The SMILES string of the molecule is CCCc1ccc(-c2cc(CCl)on2)cc1. The quantitative estimate of drug-likeness (QED) is 0.748. The van der Waals surface area contributed by atoms with Crippen LogP contribution in [0.3, 0.4) is 0 Å². The predicted octanol–water partition coefficient (Wildman–Crippen LogP) is 4.03. The molecule has 0 fully saturated rings. The summed E-state index contributed by atoms with van der Waals surface area (Å²) in [7, 11) is 0. The lowest BCUT2D eigenvalue weighted by molar-refractivity contribution is 0.396. The molecule has 0 radical (unpaired) electrons. The molecule has 2 aromatic rings. The summed E-state index contributed by atoms with van der Waals surface area (Å²) in [5.41, 5.74) is 3.27. The number of nitrogens with zero attached hydrogens (tertiary/aromatic N) is 1. The van der Waals surface area contributed by atoms with Crippen molar-refractivity contribution in [3.8, 4) is 11.3 Å². The molecule has 3 heteroatoms. The van der Waals surface area contributed by atoms with Gasteiger partial charge in [-0.2, -0.15) is 0 Å². The summed E-state index contributed by atoms with van der Waals surface area (Å²) >= 11 is 5.66. The monoisotopic (exact) mass is 235 g/mol. The normalized spacial score (nSPS) is 10.6. The van der Waals surface area contributed by atoms with Gasteiger partial charge in [0.05, 0.1) is 5.88 Å². The molecule has 0 saturated heterocycles. The molecule has 16 heavy (non-hydrogen) atoms. The molecule has 1 aromatic heterocycles. The van der Waals surface area contributed by atoms with Crippen LogP contribution < -0.4 is 0 Å². The number of benzene rings is 1. The maximum Gasteiger partial charge on any atom is 0.152 e. The fourth-order valence-corrected chi connectivity index (χ4v) is 1.77. The van der Waals surface area contributed by atoms with E-state index in [1.807, 2.05) is 6.07 Å². The lowest BCUT2D eigenvalue weighted by Crippen LogP contribution is -1.83. The van der Waals surface area contributed by atoms with E-state index in [0.717, 1.165) is 17.7 Å². The summed E-state index contributed by atoms with van der Waals surface area (Å²) in [6.07, 6.45) is 2.28. The van der Waals surface area contributed by atoms with Crippen molar-refractivity contribution in [2.75, 3.05) is 0 Å². The Labute approximate surface area is 100 Å². The largest absolute Gasteiger partial charge is 0.359 e. The van der Waals surface area contributed by atoms with Crippen molar-refractivity contribution in [2.24, 2.45) is 0 Å². The molecule has 0 unspecified atom stereocenters. The van der Waals surface area contributed by atoms with Gasteiger partial charge in [-0.1, -0.05) is 42.8 Å². The van der Waals surface area contributed by atoms with Crippen LogP contribution in [0.2, 0.25) is 0 Å². The Balaban J connectivity index is 2.20. The molecule has 0 aliphatic heterocycles. The minimum absolute atomic E-state index is 0.362. The van der Waals surface area contributed by atoms with Crippen molar-refractivity contribution < 1.29 is 4.52 Å². The van der Waals surface area contributed by atoms with Crippen molar-refractivity contribution in [3.05, 3.63) is 41.7 Å². The first kappa shape index (κ1) is 11.2. The average Bonchev–Trinajstić information content (AvgIpc) is 2.79. The van der Waals surface area contributed by atoms with Gasteiger partial charge in [0.1, 0.15) is 5.69 Å². The van der Waals surface area contributed by atoms with Crippen LogP contribution in [-0.2, 0) is 12.3 Å². The summed E-state index contributed by atoms with van der Waals surface area (Å²) in [5.74, 6) is 1.07. The minimum atomic E-state index is 0.362.